The fourth-order valence-corrected chi connectivity index (χ4v) is 3.41. The second-order valence-electron chi connectivity index (χ2n) is 5.77. The minimum Gasteiger partial charge on any atom is -0.308 e. The van der Waals surface area contributed by atoms with E-state index in [1.807, 2.05) is 6.07 Å². The van der Waals surface area contributed by atoms with Gasteiger partial charge in [-0.2, -0.15) is 0 Å². The molecule has 0 aromatic heterocycles. The summed E-state index contributed by atoms with van der Waals surface area (Å²) in [5, 5.41) is 3.40. The number of benzene rings is 1. The Bertz CT molecular complexity index is 552. The van der Waals surface area contributed by atoms with Crippen molar-refractivity contribution >= 4 is 10.0 Å². The zero-order valence-electron chi connectivity index (χ0n) is 11.7. The highest BCUT2D eigenvalue weighted by atomic mass is 32.2. The van der Waals surface area contributed by atoms with Crippen molar-refractivity contribution in [2.75, 3.05) is 19.3 Å². The van der Waals surface area contributed by atoms with Gasteiger partial charge in [0, 0.05) is 12.6 Å². The molecule has 1 unspecified atom stereocenters. The van der Waals surface area contributed by atoms with E-state index in [9.17, 15) is 8.42 Å². The molecule has 1 aliphatic rings. The maximum atomic E-state index is 11.4. The van der Waals surface area contributed by atoms with Crippen molar-refractivity contribution in [2.45, 2.75) is 26.3 Å². The van der Waals surface area contributed by atoms with Gasteiger partial charge in [0.25, 0.3) is 0 Å². The quantitative estimate of drug-likeness (QED) is 0.859. The molecule has 2 rings (SSSR count). The fourth-order valence-electron chi connectivity index (χ4n) is 2.82. The van der Waals surface area contributed by atoms with Gasteiger partial charge < -0.3 is 5.32 Å². The smallest absolute Gasteiger partial charge is 0.212 e. The van der Waals surface area contributed by atoms with Crippen molar-refractivity contribution in [3.8, 4) is 0 Å². The van der Waals surface area contributed by atoms with Crippen LogP contribution in [-0.2, 0) is 16.4 Å². The summed E-state index contributed by atoms with van der Waals surface area (Å²) in [6.45, 7) is 4.90. The molecule has 106 valence electrons. The van der Waals surface area contributed by atoms with E-state index in [-0.39, 0.29) is 17.2 Å². The molecule has 5 heteroatoms. The molecule has 0 radical (unpaired) electrons. The zero-order chi connectivity index (χ0) is 14.1. The largest absolute Gasteiger partial charge is 0.308 e. The second kappa shape index (κ2) is 5.23. The summed E-state index contributed by atoms with van der Waals surface area (Å²) in [4.78, 5) is 0. The number of sulfonamides is 1. The van der Waals surface area contributed by atoms with Crippen molar-refractivity contribution < 1.29 is 8.42 Å². The summed E-state index contributed by atoms with van der Waals surface area (Å²) in [6, 6.07) is 8.61. The van der Waals surface area contributed by atoms with E-state index in [1.54, 1.807) is 0 Å². The Hall–Kier alpha value is -0.910. The lowest BCUT2D eigenvalue weighted by molar-refractivity contribution is 0.273. The molecule has 1 aromatic carbocycles. The van der Waals surface area contributed by atoms with E-state index in [0.29, 0.717) is 6.54 Å². The molecule has 0 heterocycles. The number of hydrogen-bond acceptors (Lipinski definition) is 3. The standard InChI is InChI=1S/C14H22N2O2S/c1-14(2)10-11-6-4-5-7-12(11)13(14)16-8-9-19(17,18)15-3/h4-7,13,15-16H,8-10H2,1-3H3. The van der Waals surface area contributed by atoms with Crippen molar-refractivity contribution in [1.82, 2.24) is 10.0 Å². The molecule has 1 aromatic rings. The highest BCUT2D eigenvalue weighted by Crippen LogP contribution is 2.44. The lowest BCUT2D eigenvalue weighted by Crippen LogP contribution is -2.36. The Morgan fingerprint density at radius 3 is 2.68 bits per heavy atom. The van der Waals surface area contributed by atoms with Crippen molar-refractivity contribution in [1.29, 1.82) is 0 Å². The van der Waals surface area contributed by atoms with Gasteiger partial charge in [0.15, 0.2) is 0 Å². The van der Waals surface area contributed by atoms with Crippen molar-refractivity contribution in [3.63, 3.8) is 0 Å². The summed E-state index contributed by atoms with van der Waals surface area (Å²) in [5.74, 6) is 0.109. The molecule has 0 fully saturated rings. The molecule has 19 heavy (non-hydrogen) atoms. The van der Waals surface area contributed by atoms with E-state index in [2.05, 4.69) is 42.1 Å². The van der Waals surface area contributed by atoms with Crippen LogP contribution in [0.5, 0.6) is 0 Å². The summed E-state index contributed by atoms with van der Waals surface area (Å²) in [5.41, 5.74) is 2.78. The monoisotopic (exact) mass is 282 g/mol. The Balaban J connectivity index is 2.07. The lowest BCUT2D eigenvalue weighted by Gasteiger charge is -2.28. The average Bonchev–Trinajstić information content (AvgIpc) is 2.60. The number of hydrogen-bond donors (Lipinski definition) is 2. The molecule has 1 atom stereocenters. The molecular formula is C14H22N2O2S. The van der Waals surface area contributed by atoms with Gasteiger partial charge in [-0.3, -0.25) is 0 Å². The van der Waals surface area contributed by atoms with Crippen LogP contribution in [0, 0.1) is 5.41 Å². The number of fused-ring (bicyclic) bond motifs is 1. The Labute approximate surface area is 115 Å². The number of rotatable bonds is 5. The average molecular weight is 282 g/mol. The van der Waals surface area contributed by atoms with E-state index in [4.69, 9.17) is 0 Å². The van der Waals surface area contributed by atoms with Crippen LogP contribution in [0.15, 0.2) is 24.3 Å². The third kappa shape index (κ3) is 3.16. The van der Waals surface area contributed by atoms with Crippen molar-refractivity contribution in [2.24, 2.45) is 5.41 Å². The van der Waals surface area contributed by atoms with E-state index >= 15 is 0 Å². The van der Waals surface area contributed by atoms with Gasteiger partial charge in [0.2, 0.25) is 10.0 Å². The maximum Gasteiger partial charge on any atom is 0.212 e. The first-order valence-electron chi connectivity index (χ1n) is 6.58. The fraction of sp³-hybridized carbons (Fsp3) is 0.571. The Kier molecular flexibility index (Phi) is 3.99. The van der Waals surface area contributed by atoms with Crippen LogP contribution >= 0.6 is 0 Å². The minimum atomic E-state index is -3.14. The van der Waals surface area contributed by atoms with Crippen LogP contribution < -0.4 is 10.0 Å². The molecule has 0 saturated carbocycles. The van der Waals surface area contributed by atoms with Gasteiger partial charge in [-0.25, -0.2) is 13.1 Å². The summed E-state index contributed by atoms with van der Waals surface area (Å²) < 4.78 is 25.2. The van der Waals surface area contributed by atoms with Crippen LogP contribution in [-0.4, -0.2) is 27.8 Å². The third-order valence-corrected chi connectivity index (χ3v) is 5.19. The number of nitrogens with one attached hydrogen (secondary N) is 2. The molecule has 1 aliphatic carbocycles. The van der Waals surface area contributed by atoms with Gasteiger partial charge in [0.05, 0.1) is 5.75 Å². The summed E-state index contributed by atoms with van der Waals surface area (Å²) in [6.07, 6.45) is 1.03. The molecular weight excluding hydrogens is 260 g/mol. The predicted octanol–water partition coefficient (Wildman–Crippen LogP) is 1.45. The van der Waals surface area contributed by atoms with Gasteiger partial charge >= 0.3 is 0 Å². The van der Waals surface area contributed by atoms with Gasteiger partial charge in [-0.05, 0) is 30.0 Å². The molecule has 0 spiro atoms. The van der Waals surface area contributed by atoms with Gasteiger partial charge in [0.1, 0.15) is 0 Å². The van der Waals surface area contributed by atoms with Crippen LogP contribution in [0.2, 0.25) is 0 Å². The highest BCUT2D eigenvalue weighted by molar-refractivity contribution is 7.89. The maximum absolute atomic E-state index is 11.4. The molecule has 2 N–H and O–H groups in total. The Morgan fingerprint density at radius 2 is 2.00 bits per heavy atom. The molecule has 0 bridgehead atoms. The normalized spacial score (nSPS) is 21.3. The van der Waals surface area contributed by atoms with Crippen LogP contribution in [0.3, 0.4) is 0 Å². The van der Waals surface area contributed by atoms with Gasteiger partial charge in [-0.1, -0.05) is 38.1 Å². The summed E-state index contributed by atoms with van der Waals surface area (Å²) >= 11 is 0. The van der Waals surface area contributed by atoms with Crippen LogP contribution in [0.1, 0.15) is 31.0 Å². The highest BCUT2D eigenvalue weighted by Gasteiger charge is 2.38. The van der Waals surface area contributed by atoms with Gasteiger partial charge in [-0.15, -0.1) is 0 Å². The van der Waals surface area contributed by atoms with E-state index in [0.717, 1.165) is 6.42 Å². The predicted molar refractivity (Wildman–Crippen MR) is 77.5 cm³/mol. The molecule has 4 nitrogen and oxygen atoms in total. The first-order valence-corrected chi connectivity index (χ1v) is 8.23. The van der Waals surface area contributed by atoms with Crippen LogP contribution in [0.25, 0.3) is 0 Å². The SMILES string of the molecule is CNS(=O)(=O)CCNC1c2ccccc2CC1(C)C. The second-order valence-corrected chi connectivity index (χ2v) is 7.82. The first-order chi connectivity index (χ1) is 8.86. The molecule has 0 amide bonds. The summed E-state index contributed by atoms with van der Waals surface area (Å²) in [7, 11) is -1.69. The van der Waals surface area contributed by atoms with E-state index in [1.165, 1.54) is 18.2 Å². The van der Waals surface area contributed by atoms with Crippen LogP contribution in [0.4, 0.5) is 0 Å². The topological polar surface area (TPSA) is 58.2 Å². The molecule has 0 saturated heterocycles. The zero-order valence-corrected chi connectivity index (χ0v) is 12.5. The third-order valence-electron chi connectivity index (χ3n) is 3.82. The minimum absolute atomic E-state index is 0.109. The lowest BCUT2D eigenvalue weighted by atomic mass is 9.85. The molecule has 0 aliphatic heterocycles. The first kappa shape index (κ1) is 14.5. The van der Waals surface area contributed by atoms with E-state index < -0.39 is 10.0 Å². The Morgan fingerprint density at radius 1 is 1.32 bits per heavy atom. The van der Waals surface area contributed by atoms with Crippen molar-refractivity contribution in [3.05, 3.63) is 35.4 Å².